The van der Waals surface area contributed by atoms with Crippen molar-refractivity contribution in [1.29, 1.82) is 0 Å². The van der Waals surface area contributed by atoms with Crippen molar-refractivity contribution in [1.82, 2.24) is 0 Å². The van der Waals surface area contributed by atoms with E-state index in [4.69, 9.17) is 9.84 Å². The summed E-state index contributed by atoms with van der Waals surface area (Å²) in [6.07, 6.45) is 2.87. The Bertz CT molecular complexity index is 511. The quantitative estimate of drug-likeness (QED) is 0.788. The highest BCUT2D eigenvalue weighted by molar-refractivity contribution is 6.01. The molecule has 21 heavy (non-hydrogen) atoms. The van der Waals surface area contributed by atoms with Crippen molar-refractivity contribution in [3.8, 4) is 0 Å². The van der Waals surface area contributed by atoms with E-state index in [1.807, 2.05) is 32.9 Å². The average molecular weight is 294 g/mol. The molecular weight excluding hydrogens is 272 g/mol. The van der Waals surface area contributed by atoms with Crippen molar-refractivity contribution in [3.05, 3.63) is 23.3 Å². The maximum absolute atomic E-state index is 12.3. The van der Waals surface area contributed by atoms with Crippen LogP contribution in [0.25, 0.3) is 0 Å². The molecule has 1 atom stereocenters. The first-order valence-electron chi connectivity index (χ1n) is 6.98. The zero-order valence-electron chi connectivity index (χ0n) is 12.9. The van der Waals surface area contributed by atoms with Gasteiger partial charge in [0, 0.05) is 6.42 Å². The molecule has 5 heteroatoms. The smallest absolute Gasteiger partial charge is 0.307 e. The zero-order valence-corrected chi connectivity index (χ0v) is 12.9. The molecule has 0 amide bonds. The molecule has 1 aliphatic rings. The van der Waals surface area contributed by atoms with E-state index in [-0.39, 0.29) is 24.0 Å². The van der Waals surface area contributed by atoms with Crippen LogP contribution in [0.3, 0.4) is 0 Å². The summed E-state index contributed by atoms with van der Waals surface area (Å²) in [4.78, 5) is 34.3. The Hall–Kier alpha value is -1.91. The van der Waals surface area contributed by atoms with E-state index in [0.29, 0.717) is 12.0 Å². The fourth-order valence-corrected chi connectivity index (χ4v) is 2.59. The number of esters is 1. The monoisotopic (exact) mass is 294 g/mol. The molecule has 0 radical (unpaired) electrons. The van der Waals surface area contributed by atoms with Gasteiger partial charge in [-0.3, -0.25) is 14.4 Å². The maximum atomic E-state index is 12.3. The highest BCUT2D eigenvalue weighted by Gasteiger charge is 2.39. The summed E-state index contributed by atoms with van der Waals surface area (Å²) in [5.41, 5.74) is 1.27. The molecule has 0 aliphatic heterocycles. The molecule has 0 bridgehead atoms. The third-order valence-electron chi connectivity index (χ3n) is 3.64. The Morgan fingerprint density at radius 1 is 1.38 bits per heavy atom. The van der Waals surface area contributed by atoms with Gasteiger partial charge in [-0.2, -0.15) is 0 Å². The van der Waals surface area contributed by atoms with Crippen LogP contribution < -0.4 is 0 Å². The van der Waals surface area contributed by atoms with Gasteiger partial charge in [0.05, 0.1) is 12.8 Å². The Labute approximate surface area is 124 Å². The number of allylic oxidation sites excluding steroid dienone is 3. The number of carbonyl (C=O) groups excluding carboxylic acids is 2. The lowest BCUT2D eigenvalue weighted by Crippen LogP contribution is -2.39. The Morgan fingerprint density at radius 3 is 2.52 bits per heavy atom. The van der Waals surface area contributed by atoms with Gasteiger partial charge in [0.25, 0.3) is 0 Å². The van der Waals surface area contributed by atoms with Crippen molar-refractivity contribution in [2.45, 2.75) is 53.1 Å². The first kappa shape index (κ1) is 17.1. The number of ether oxygens (including phenoxy) is 1. The summed E-state index contributed by atoms with van der Waals surface area (Å²) >= 11 is 0. The van der Waals surface area contributed by atoms with Crippen LogP contribution in [0.1, 0.15) is 47.0 Å². The van der Waals surface area contributed by atoms with Gasteiger partial charge < -0.3 is 9.84 Å². The van der Waals surface area contributed by atoms with Gasteiger partial charge in [0.15, 0.2) is 11.9 Å². The number of ketones is 1. The highest BCUT2D eigenvalue weighted by atomic mass is 16.5. The molecule has 1 N–H and O–H groups in total. The minimum absolute atomic E-state index is 0.203. The first-order valence-corrected chi connectivity index (χ1v) is 6.98. The van der Waals surface area contributed by atoms with E-state index in [2.05, 4.69) is 0 Å². The molecule has 5 nitrogen and oxygen atoms in total. The van der Waals surface area contributed by atoms with Crippen molar-refractivity contribution < 1.29 is 24.2 Å². The SMILES string of the molecule is C/C=C/C1=C(C)C(=O)C(OC(=O)CCC(=O)O)CC1(C)C. The fraction of sp³-hybridized carbons (Fsp3) is 0.562. The number of aliphatic carboxylic acids is 1. The molecule has 0 spiro atoms. The van der Waals surface area contributed by atoms with Crippen LogP contribution >= 0.6 is 0 Å². The number of carboxylic acid groups (broad SMARTS) is 1. The lowest BCUT2D eigenvalue weighted by atomic mass is 9.71. The Balaban J connectivity index is 2.87. The van der Waals surface area contributed by atoms with Gasteiger partial charge in [0.1, 0.15) is 0 Å². The molecule has 0 aromatic heterocycles. The predicted octanol–water partition coefficient (Wildman–Crippen LogP) is 2.65. The van der Waals surface area contributed by atoms with Crippen molar-refractivity contribution >= 4 is 17.7 Å². The predicted molar refractivity (Wildman–Crippen MR) is 77.7 cm³/mol. The Morgan fingerprint density at radius 2 is 2.00 bits per heavy atom. The lowest BCUT2D eigenvalue weighted by molar-refractivity contribution is -0.157. The second-order valence-electron chi connectivity index (χ2n) is 5.86. The molecule has 0 aromatic rings. The summed E-state index contributed by atoms with van der Waals surface area (Å²) in [6, 6.07) is 0. The van der Waals surface area contributed by atoms with Crippen LogP contribution in [0.15, 0.2) is 23.3 Å². The number of carbonyl (C=O) groups is 3. The van der Waals surface area contributed by atoms with Gasteiger partial charge in [-0.25, -0.2) is 0 Å². The number of rotatable bonds is 5. The van der Waals surface area contributed by atoms with Gasteiger partial charge >= 0.3 is 11.9 Å². The van der Waals surface area contributed by atoms with Crippen molar-refractivity contribution in [3.63, 3.8) is 0 Å². The zero-order chi connectivity index (χ0) is 16.2. The van der Waals surface area contributed by atoms with Crippen LogP contribution in [-0.4, -0.2) is 28.9 Å². The third kappa shape index (κ3) is 4.28. The van der Waals surface area contributed by atoms with E-state index in [9.17, 15) is 14.4 Å². The van der Waals surface area contributed by atoms with Crippen LogP contribution in [-0.2, 0) is 19.1 Å². The summed E-state index contributed by atoms with van der Waals surface area (Å²) < 4.78 is 5.18. The lowest BCUT2D eigenvalue weighted by Gasteiger charge is -2.36. The minimum atomic E-state index is -1.06. The molecule has 1 unspecified atom stereocenters. The molecule has 1 aliphatic carbocycles. The van der Waals surface area contributed by atoms with E-state index >= 15 is 0 Å². The average Bonchev–Trinajstić information content (AvgIpc) is 2.38. The van der Waals surface area contributed by atoms with E-state index in [1.165, 1.54) is 0 Å². The molecule has 0 heterocycles. The Kier molecular flexibility index (Phi) is 5.47. The molecule has 0 fully saturated rings. The molecule has 0 saturated carbocycles. The molecule has 116 valence electrons. The number of Topliss-reactive ketones (excluding diaryl/α,β-unsaturated/α-hetero) is 1. The van der Waals surface area contributed by atoms with Gasteiger partial charge in [-0.1, -0.05) is 26.0 Å². The number of hydrogen-bond donors (Lipinski definition) is 1. The van der Waals surface area contributed by atoms with Gasteiger partial charge in [0.2, 0.25) is 0 Å². The molecule has 1 rings (SSSR count). The van der Waals surface area contributed by atoms with E-state index < -0.39 is 18.0 Å². The number of hydrogen-bond acceptors (Lipinski definition) is 4. The van der Waals surface area contributed by atoms with Crippen molar-refractivity contribution in [2.24, 2.45) is 5.41 Å². The molecule has 0 saturated heterocycles. The van der Waals surface area contributed by atoms with Crippen LogP contribution in [0.4, 0.5) is 0 Å². The van der Waals surface area contributed by atoms with Gasteiger partial charge in [-0.15, -0.1) is 0 Å². The van der Waals surface area contributed by atoms with Crippen molar-refractivity contribution in [2.75, 3.05) is 0 Å². The van der Waals surface area contributed by atoms with Crippen LogP contribution in [0, 0.1) is 5.41 Å². The fourth-order valence-electron chi connectivity index (χ4n) is 2.59. The summed E-state index contributed by atoms with van der Waals surface area (Å²) in [7, 11) is 0. The second-order valence-corrected chi connectivity index (χ2v) is 5.86. The normalized spacial score (nSPS) is 21.7. The number of carboxylic acids is 1. The van der Waals surface area contributed by atoms with Gasteiger partial charge in [-0.05, 0) is 30.4 Å². The molecule has 0 aromatic carbocycles. The first-order chi connectivity index (χ1) is 9.69. The summed E-state index contributed by atoms with van der Waals surface area (Å²) in [5, 5.41) is 8.55. The summed E-state index contributed by atoms with van der Waals surface area (Å²) in [6.45, 7) is 7.61. The van der Waals surface area contributed by atoms with Crippen LogP contribution in [0.5, 0.6) is 0 Å². The highest BCUT2D eigenvalue weighted by Crippen LogP contribution is 2.40. The van der Waals surface area contributed by atoms with E-state index in [1.54, 1.807) is 6.92 Å². The third-order valence-corrected chi connectivity index (χ3v) is 3.64. The topological polar surface area (TPSA) is 80.7 Å². The van der Waals surface area contributed by atoms with E-state index in [0.717, 1.165) is 5.57 Å². The van der Waals surface area contributed by atoms with Crippen LogP contribution in [0.2, 0.25) is 0 Å². The second kappa shape index (κ2) is 6.70. The maximum Gasteiger partial charge on any atom is 0.307 e. The molecular formula is C16H22O5. The standard InChI is InChI=1S/C16H22O5/c1-5-6-11-10(2)15(20)12(9-16(11,3)4)21-14(19)8-7-13(17)18/h5-6,12H,7-9H2,1-4H3,(H,17,18)/b6-5+. The largest absolute Gasteiger partial charge is 0.481 e. The minimum Gasteiger partial charge on any atom is -0.481 e. The summed E-state index contributed by atoms with van der Waals surface area (Å²) in [5.74, 6) is -1.91.